The van der Waals surface area contributed by atoms with Gasteiger partial charge in [-0.25, -0.2) is 4.79 Å². The molecule has 3 atom stereocenters. The summed E-state index contributed by atoms with van der Waals surface area (Å²) in [5, 5.41) is 16.8. The molecule has 3 N–H and O–H groups in total. The Bertz CT molecular complexity index is 461. The first-order valence-electron chi connectivity index (χ1n) is 6.89. The fourth-order valence-corrected chi connectivity index (χ4v) is 3.31. The highest BCUT2D eigenvalue weighted by Crippen LogP contribution is 2.24. The maximum Gasteiger partial charge on any atom is 0.315 e. The lowest BCUT2D eigenvalue weighted by molar-refractivity contribution is -0.143. The zero-order valence-electron chi connectivity index (χ0n) is 11.5. The Kier molecular flexibility index (Phi) is 5.00. The zero-order valence-corrected chi connectivity index (χ0v) is 12.3. The highest BCUT2D eigenvalue weighted by Gasteiger charge is 2.28. The molecule has 1 aliphatic rings. The molecule has 1 aliphatic carbocycles. The number of amides is 2. The van der Waals surface area contributed by atoms with Gasteiger partial charge in [-0.15, -0.1) is 11.3 Å². The summed E-state index contributed by atoms with van der Waals surface area (Å²) in [5.41, 5.74) is 0. The summed E-state index contributed by atoms with van der Waals surface area (Å²) in [7, 11) is 0. The van der Waals surface area contributed by atoms with Crippen LogP contribution in [-0.2, 0) is 4.79 Å². The van der Waals surface area contributed by atoms with Crippen molar-refractivity contribution in [1.29, 1.82) is 0 Å². The molecule has 3 unspecified atom stereocenters. The number of carbonyl (C=O) groups is 2. The maximum atomic E-state index is 11.9. The lowest BCUT2D eigenvalue weighted by Crippen LogP contribution is -2.45. The molecule has 0 bridgehead atoms. The number of rotatable bonds is 4. The molecule has 1 aromatic heterocycles. The number of carbonyl (C=O) groups excluding carboxylic acids is 1. The van der Waals surface area contributed by atoms with E-state index in [-0.39, 0.29) is 24.0 Å². The van der Waals surface area contributed by atoms with E-state index in [1.807, 2.05) is 24.4 Å². The summed E-state index contributed by atoms with van der Waals surface area (Å²) in [6, 6.07) is 3.64. The molecule has 6 heteroatoms. The van der Waals surface area contributed by atoms with Gasteiger partial charge in [0.25, 0.3) is 0 Å². The molecule has 1 saturated carbocycles. The molecule has 2 rings (SSSR count). The quantitative estimate of drug-likeness (QED) is 0.799. The standard InChI is InChI=1S/C14H20N2O3S/c1-9(12-6-3-7-20-12)15-14(19)16-11-5-2-4-10(8-11)13(17)18/h3,6-7,9-11H,2,4-5,8H2,1H3,(H,17,18)(H2,15,16,19). The van der Waals surface area contributed by atoms with Crippen molar-refractivity contribution in [3.63, 3.8) is 0 Å². The molecule has 110 valence electrons. The Morgan fingerprint density at radius 2 is 2.25 bits per heavy atom. The van der Waals surface area contributed by atoms with Crippen LogP contribution in [0.4, 0.5) is 4.79 Å². The summed E-state index contributed by atoms with van der Waals surface area (Å²) in [4.78, 5) is 24.0. The minimum absolute atomic E-state index is 0.0335. The van der Waals surface area contributed by atoms with E-state index in [0.717, 1.165) is 17.7 Å². The minimum Gasteiger partial charge on any atom is -0.481 e. The normalized spacial score (nSPS) is 23.9. The molecule has 0 saturated heterocycles. The molecule has 5 nitrogen and oxygen atoms in total. The van der Waals surface area contributed by atoms with Crippen molar-refractivity contribution in [3.05, 3.63) is 22.4 Å². The average molecular weight is 296 g/mol. The second-order valence-corrected chi connectivity index (χ2v) is 6.23. The lowest BCUT2D eigenvalue weighted by Gasteiger charge is -2.27. The van der Waals surface area contributed by atoms with E-state index in [1.54, 1.807) is 11.3 Å². The number of hydrogen-bond acceptors (Lipinski definition) is 3. The van der Waals surface area contributed by atoms with Crippen LogP contribution in [0, 0.1) is 5.92 Å². The Hall–Kier alpha value is -1.56. The summed E-state index contributed by atoms with van der Waals surface area (Å²) < 4.78 is 0. The van der Waals surface area contributed by atoms with Crippen LogP contribution < -0.4 is 10.6 Å². The van der Waals surface area contributed by atoms with Crippen molar-refractivity contribution in [2.24, 2.45) is 5.92 Å². The molecular weight excluding hydrogens is 276 g/mol. The molecular formula is C14H20N2O3S. The largest absolute Gasteiger partial charge is 0.481 e. The molecule has 1 fully saturated rings. The van der Waals surface area contributed by atoms with Gasteiger partial charge in [0.2, 0.25) is 0 Å². The van der Waals surface area contributed by atoms with Crippen molar-refractivity contribution in [1.82, 2.24) is 10.6 Å². The number of hydrogen-bond donors (Lipinski definition) is 3. The minimum atomic E-state index is -0.760. The van der Waals surface area contributed by atoms with Gasteiger partial charge in [-0.2, -0.15) is 0 Å². The number of aliphatic carboxylic acids is 1. The van der Waals surface area contributed by atoms with Crippen molar-refractivity contribution in [2.45, 2.75) is 44.7 Å². The van der Waals surface area contributed by atoms with E-state index in [0.29, 0.717) is 12.8 Å². The van der Waals surface area contributed by atoms with Crippen LogP contribution in [0.1, 0.15) is 43.5 Å². The van der Waals surface area contributed by atoms with Crippen LogP contribution in [0.5, 0.6) is 0 Å². The fourth-order valence-electron chi connectivity index (χ4n) is 2.58. The molecule has 2 amide bonds. The van der Waals surface area contributed by atoms with E-state index in [9.17, 15) is 9.59 Å². The van der Waals surface area contributed by atoms with Gasteiger partial charge in [-0.3, -0.25) is 4.79 Å². The smallest absolute Gasteiger partial charge is 0.315 e. The van der Waals surface area contributed by atoms with Gasteiger partial charge in [0.15, 0.2) is 0 Å². The van der Waals surface area contributed by atoms with Crippen molar-refractivity contribution in [3.8, 4) is 0 Å². The summed E-state index contributed by atoms with van der Waals surface area (Å²) in [6.45, 7) is 1.94. The van der Waals surface area contributed by atoms with Gasteiger partial charge < -0.3 is 15.7 Å². The van der Waals surface area contributed by atoms with Crippen molar-refractivity contribution < 1.29 is 14.7 Å². The van der Waals surface area contributed by atoms with Crippen LogP contribution in [-0.4, -0.2) is 23.1 Å². The first-order chi connectivity index (χ1) is 9.56. The Labute approximate surface area is 122 Å². The van der Waals surface area contributed by atoms with E-state index in [1.165, 1.54) is 0 Å². The second-order valence-electron chi connectivity index (χ2n) is 5.25. The fraction of sp³-hybridized carbons (Fsp3) is 0.571. The molecule has 1 aromatic rings. The van der Waals surface area contributed by atoms with Crippen molar-refractivity contribution in [2.75, 3.05) is 0 Å². The van der Waals surface area contributed by atoms with E-state index in [4.69, 9.17) is 5.11 Å². The SMILES string of the molecule is CC(NC(=O)NC1CCCC(C(=O)O)C1)c1cccs1. The molecule has 1 heterocycles. The Morgan fingerprint density at radius 1 is 1.45 bits per heavy atom. The number of thiophene rings is 1. The van der Waals surface area contributed by atoms with Gasteiger partial charge in [0.1, 0.15) is 0 Å². The van der Waals surface area contributed by atoms with E-state index < -0.39 is 5.97 Å². The molecule has 0 aliphatic heterocycles. The first kappa shape index (κ1) is 14.8. The second kappa shape index (κ2) is 6.74. The third kappa shape index (κ3) is 3.96. The molecule has 0 aromatic carbocycles. The number of carboxylic acid groups (broad SMARTS) is 1. The van der Waals surface area contributed by atoms with Crippen LogP contribution in [0.2, 0.25) is 0 Å². The summed E-state index contributed by atoms with van der Waals surface area (Å²) in [5.74, 6) is -1.09. The Morgan fingerprint density at radius 3 is 2.90 bits per heavy atom. The third-order valence-corrected chi connectivity index (χ3v) is 4.73. The Balaban J connectivity index is 1.80. The van der Waals surface area contributed by atoms with Crippen LogP contribution in [0.15, 0.2) is 17.5 Å². The molecule has 0 radical (unpaired) electrons. The van der Waals surface area contributed by atoms with Gasteiger partial charge in [0, 0.05) is 10.9 Å². The van der Waals surface area contributed by atoms with Gasteiger partial charge >= 0.3 is 12.0 Å². The predicted molar refractivity (Wildman–Crippen MR) is 77.8 cm³/mol. The molecule has 0 spiro atoms. The maximum absolute atomic E-state index is 11.9. The predicted octanol–water partition coefficient (Wildman–Crippen LogP) is 2.75. The van der Waals surface area contributed by atoms with E-state index >= 15 is 0 Å². The van der Waals surface area contributed by atoms with Crippen LogP contribution in [0.25, 0.3) is 0 Å². The first-order valence-corrected chi connectivity index (χ1v) is 7.77. The third-order valence-electron chi connectivity index (χ3n) is 3.68. The number of urea groups is 1. The number of carboxylic acids is 1. The summed E-state index contributed by atoms with van der Waals surface area (Å²) >= 11 is 1.60. The van der Waals surface area contributed by atoms with Gasteiger partial charge in [-0.1, -0.05) is 12.5 Å². The zero-order chi connectivity index (χ0) is 14.5. The van der Waals surface area contributed by atoms with Gasteiger partial charge in [-0.05, 0) is 37.6 Å². The van der Waals surface area contributed by atoms with E-state index in [2.05, 4.69) is 10.6 Å². The highest BCUT2D eigenvalue weighted by molar-refractivity contribution is 7.10. The molecule has 20 heavy (non-hydrogen) atoms. The lowest BCUT2D eigenvalue weighted by atomic mass is 9.86. The van der Waals surface area contributed by atoms with Crippen molar-refractivity contribution >= 4 is 23.3 Å². The highest BCUT2D eigenvalue weighted by atomic mass is 32.1. The topological polar surface area (TPSA) is 78.4 Å². The monoisotopic (exact) mass is 296 g/mol. The van der Waals surface area contributed by atoms with Crippen LogP contribution >= 0.6 is 11.3 Å². The number of nitrogens with one attached hydrogen (secondary N) is 2. The average Bonchev–Trinajstić information content (AvgIpc) is 2.92. The van der Waals surface area contributed by atoms with Crippen LogP contribution in [0.3, 0.4) is 0 Å². The van der Waals surface area contributed by atoms with Gasteiger partial charge in [0.05, 0.1) is 12.0 Å². The summed E-state index contributed by atoms with van der Waals surface area (Å²) in [6.07, 6.45) is 2.93.